The number of aryl methyl sites for hydroxylation is 1. The van der Waals surface area contributed by atoms with Gasteiger partial charge >= 0.3 is 5.69 Å². The number of hydrogen-bond donors (Lipinski definition) is 2. The molecule has 0 bridgehead atoms. The molecule has 1 fully saturated rings. The molecule has 0 spiro atoms. The molecule has 3 heterocycles. The summed E-state index contributed by atoms with van der Waals surface area (Å²) < 4.78 is 9.55. The minimum atomic E-state index is -0.478. The third-order valence-corrected chi connectivity index (χ3v) is 8.88. The fraction of sp³-hybridized carbons (Fsp3) is 0.333. The minimum absolute atomic E-state index is 0.0586. The summed E-state index contributed by atoms with van der Waals surface area (Å²) in [6.45, 7) is 4.64. The lowest BCUT2D eigenvalue weighted by atomic mass is 9.85. The van der Waals surface area contributed by atoms with Gasteiger partial charge in [-0.15, -0.1) is 0 Å². The van der Waals surface area contributed by atoms with Crippen LogP contribution in [0.15, 0.2) is 65.1 Å². The molecule has 2 aromatic carbocycles. The third-order valence-electron chi connectivity index (χ3n) is 8.68. The van der Waals surface area contributed by atoms with Crippen molar-refractivity contribution in [3.8, 4) is 11.4 Å². The van der Waals surface area contributed by atoms with E-state index in [1.807, 2.05) is 54.0 Å². The molecule has 9 nitrogen and oxygen atoms in total. The number of ether oxygens (including phenoxy) is 1. The van der Waals surface area contributed by atoms with Crippen molar-refractivity contribution in [3.05, 3.63) is 92.6 Å². The number of carbonyl (C=O) groups excluding carboxylic acids is 2. The molecule has 1 aliphatic carbocycles. The number of primary amides is 1. The van der Waals surface area contributed by atoms with E-state index in [4.69, 9.17) is 22.1 Å². The molecule has 0 radical (unpaired) electrons. The summed E-state index contributed by atoms with van der Waals surface area (Å²) in [4.78, 5) is 43.3. The molecule has 1 aliphatic heterocycles. The molecule has 2 amide bonds. The number of amides is 2. The topological polar surface area (TPSA) is 121 Å². The molecule has 0 saturated heterocycles. The number of fused-ring (bicyclic) bond motifs is 2. The fourth-order valence-corrected chi connectivity index (χ4v) is 6.53. The molecule has 2 aliphatic rings. The van der Waals surface area contributed by atoms with Crippen LogP contribution in [0.4, 0.5) is 0 Å². The number of nitrogens with zero attached hydrogens (tertiary/aromatic N) is 3. The number of halogens is 1. The van der Waals surface area contributed by atoms with E-state index in [1.165, 1.54) is 6.20 Å². The zero-order valence-corrected chi connectivity index (χ0v) is 25.0. The zero-order valence-electron chi connectivity index (χ0n) is 24.2. The van der Waals surface area contributed by atoms with Crippen LogP contribution in [-0.2, 0) is 11.3 Å². The number of nitrogens with one attached hydrogen (secondary N) is 1. The Labute approximate surface area is 254 Å². The predicted octanol–water partition coefficient (Wildman–Crippen LogP) is 5.18. The summed E-state index contributed by atoms with van der Waals surface area (Å²) in [5.41, 5.74) is 11.1. The number of para-hydroxylation sites is 2. The van der Waals surface area contributed by atoms with Crippen LogP contribution >= 0.6 is 11.6 Å². The predicted molar refractivity (Wildman–Crippen MR) is 167 cm³/mol. The zero-order chi connectivity index (χ0) is 30.2. The van der Waals surface area contributed by atoms with E-state index in [-0.39, 0.29) is 17.6 Å². The van der Waals surface area contributed by atoms with E-state index in [2.05, 4.69) is 10.3 Å². The molecule has 4 aromatic rings. The second-order valence-corrected chi connectivity index (χ2v) is 11.8. The van der Waals surface area contributed by atoms with Crippen molar-refractivity contribution in [2.75, 3.05) is 6.61 Å². The smallest absolute Gasteiger partial charge is 0.333 e. The number of nitrogens with two attached hydrogens (primary N) is 1. The Balaban J connectivity index is 1.22. The van der Waals surface area contributed by atoms with Crippen molar-refractivity contribution in [2.45, 2.75) is 58.5 Å². The Kier molecular flexibility index (Phi) is 7.83. The van der Waals surface area contributed by atoms with Crippen molar-refractivity contribution in [1.29, 1.82) is 0 Å². The van der Waals surface area contributed by atoms with E-state index in [0.717, 1.165) is 42.3 Å². The Bertz CT molecular complexity index is 1830. The molecule has 10 heteroatoms. The number of benzene rings is 2. The summed E-state index contributed by atoms with van der Waals surface area (Å²) in [6, 6.07) is 14.9. The lowest BCUT2D eigenvalue weighted by Crippen LogP contribution is -2.39. The van der Waals surface area contributed by atoms with Crippen molar-refractivity contribution in [2.24, 2.45) is 11.7 Å². The van der Waals surface area contributed by atoms with Gasteiger partial charge in [0, 0.05) is 30.4 Å². The standard InChI is InChI=1S/C33H34ClN5O4/c1-3-21-18-43-29-15-24(12-13-25(29)30(21)31(35)40)39-28-7-5-4-6-27(28)38(33(39)42)17-20-8-10-23(11-9-20)37-32(41)26-14-22(34)16-36-19(26)2/h4-7,12-16,20,23H,3,8-11,17-18H2,1-2H3,(H2,35,40)(H,37,41). The van der Waals surface area contributed by atoms with Crippen molar-refractivity contribution >= 4 is 40.0 Å². The number of carbonyl (C=O) groups is 2. The molecule has 43 heavy (non-hydrogen) atoms. The number of aromatic nitrogens is 3. The Morgan fingerprint density at radius 2 is 1.84 bits per heavy atom. The molecular weight excluding hydrogens is 566 g/mol. The first-order chi connectivity index (χ1) is 20.7. The summed E-state index contributed by atoms with van der Waals surface area (Å²) in [5.74, 6) is 0.195. The average molecular weight is 600 g/mol. The number of rotatable bonds is 7. The average Bonchev–Trinajstić information content (AvgIpc) is 3.28. The molecule has 6 rings (SSSR count). The van der Waals surface area contributed by atoms with E-state index in [9.17, 15) is 14.4 Å². The highest BCUT2D eigenvalue weighted by atomic mass is 35.5. The van der Waals surface area contributed by atoms with Gasteiger partial charge in [0.25, 0.3) is 5.91 Å². The maximum absolute atomic E-state index is 14.0. The molecule has 1 saturated carbocycles. The van der Waals surface area contributed by atoms with E-state index >= 15 is 0 Å². The van der Waals surface area contributed by atoms with E-state index < -0.39 is 5.91 Å². The summed E-state index contributed by atoms with van der Waals surface area (Å²) in [7, 11) is 0. The second-order valence-electron chi connectivity index (χ2n) is 11.4. The van der Waals surface area contributed by atoms with Gasteiger partial charge < -0.3 is 15.8 Å². The highest BCUT2D eigenvalue weighted by Gasteiger charge is 2.27. The van der Waals surface area contributed by atoms with Crippen molar-refractivity contribution in [1.82, 2.24) is 19.4 Å². The molecule has 0 atom stereocenters. The maximum Gasteiger partial charge on any atom is 0.333 e. The minimum Gasteiger partial charge on any atom is -0.488 e. The Morgan fingerprint density at radius 1 is 1.09 bits per heavy atom. The molecule has 2 aromatic heterocycles. The van der Waals surface area contributed by atoms with Crippen LogP contribution in [-0.4, -0.2) is 38.6 Å². The molecular formula is C33H34ClN5O4. The Hall–Kier alpha value is -4.37. The van der Waals surface area contributed by atoms with Gasteiger partial charge in [0.1, 0.15) is 12.4 Å². The van der Waals surface area contributed by atoms with Crippen LogP contribution in [0.3, 0.4) is 0 Å². The van der Waals surface area contributed by atoms with Gasteiger partial charge in [-0.2, -0.15) is 0 Å². The fourth-order valence-electron chi connectivity index (χ4n) is 6.37. The van der Waals surface area contributed by atoms with Crippen LogP contribution in [0.25, 0.3) is 22.3 Å². The van der Waals surface area contributed by atoms with Crippen LogP contribution in [0.2, 0.25) is 5.02 Å². The van der Waals surface area contributed by atoms with Crippen molar-refractivity contribution < 1.29 is 14.3 Å². The highest BCUT2D eigenvalue weighted by molar-refractivity contribution is 6.30. The van der Waals surface area contributed by atoms with Crippen molar-refractivity contribution in [3.63, 3.8) is 0 Å². The largest absolute Gasteiger partial charge is 0.488 e. The highest BCUT2D eigenvalue weighted by Crippen LogP contribution is 2.36. The summed E-state index contributed by atoms with van der Waals surface area (Å²) in [5, 5.41) is 3.58. The third kappa shape index (κ3) is 5.45. The first kappa shape index (κ1) is 28.7. The number of imidazole rings is 1. The number of pyridine rings is 1. The van der Waals surface area contributed by atoms with Gasteiger partial charge in [0.15, 0.2) is 0 Å². The van der Waals surface area contributed by atoms with E-state index in [0.29, 0.717) is 64.3 Å². The van der Waals surface area contributed by atoms with Gasteiger partial charge in [-0.1, -0.05) is 30.7 Å². The second kappa shape index (κ2) is 11.7. The van der Waals surface area contributed by atoms with E-state index in [1.54, 1.807) is 17.6 Å². The molecule has 0 unspecified atom stereocenters. The van der Waals surface area contributed by atoms with Gasteiger partial charge in [-0.05, 0) is 80.9 Å². The normalized spacial score (nSPS) is 18.3. The monoisotopic (exact) mass is 599 g/mol. The lowest BCUT2D eigenvalue weighted by molar-refractivity contribution is -0.112. The molecule has 222 valence electrons. The summed E-state index contributed by atoms with van der Waals surface area (Å²) >= 11 is 6.06. The summed E-state index contributed by atoms with van der Waals surface area (Å²) in [6.07, 6.45) is 5.63. The number of hydrogen-bond acceptors (Lipinski definition) is 5. The van der Waals surface area contributed by atoms with Crippen LogP contribution in [0.1, 0.15) is 60.6 Å². The molecule has 3 N–H and O–H groups in total. The quantitative estimate of drug-likeness (QED) is 0.303. The first-order valence-corrected chi connectivity index (χ1v) is 15.1. The first-order valence-electron chi connectivity index (χ1n) is 14.7. The van der Waals surface area contributed by atoms with Gasteiger partial charge in [-0.3, -0.25) is 23.7 Å². The van der Waals surface area contributed by atoms with Crippen LogP contribution < -0.4 is 21.5 Å². The van der Waals surface area contributed by atoms with Gasteiger partial charge in [0.05, 0.1) is 38.6 Å². The maximum atomic E-state index is 14.0. The lowest BCUT2D eigenvalue weighted by Gasteiger charge is -2.29. The van der Waals surface area contributed by atoms with Gasteiger partial charge in [0.2, 0.25) is 5.91 Å². The SMILES string of the molecule is CCC1=C(C(N)=O)c2ccc(-n3c(=O)n(CC4CCC(NC(=O)c5cc(Cl)cnc5C)CC4)c4ccccc43)cc2OC1. The Morgan fingerprint density at radius 3 is 2.56 bits per heavy atom. The van der Waals surface area contributed by atoms with Crippen LogP contribution in [0.5, 0.6) is 5.75 Å². The van der Waals surface area contributed by atoms with Gasteiger partial charge in [-0.25, -0.2) is 4.79 Å². The van der Waals surface area contributed by atoms with Crippen LogP contribution in [0, 0.1) is 12.8 Å².